The van der Waals surface area contributed by atoms with Crippen LogP contribution in [0.3, 0.4) is 0 Å². The van der Waals surface area contributed by atoms with E-state index in [0.717, 1.165) is 4.90 Å². The van der Waals surface area contributed by atoms with Crippen LogP contribution >= 0.6 is 11.8 Å². The van der Waals surface area contributed by atoms with Gasteiger partial charge in [-0.15, -0.1) is 11.8 Å². The predicted molar refractivity (Wildman–Crippen MR) is 92.9 cm³/mol. The number of amides is 1. The zero-order valence-electron chi connectivity index (χ0n) is 12.8. The monoisotopic (exact) mass is 350 g/mol. The number of hydrogen-bond acceptors (Lipinski definition) is 4. The third-order valence-electron chi connectivity index (χ3n) is 3.19. The summed E-state index contributed by atoms with van der Waals surface area (Å²) in [6, 6.07) is 14.2. The molecule has 0 unspecified atom stereocenters. The van der Waals surface area contributed by atoms with Crippen molar-refractivity contribution >= 4 is 33.4 Å². The molecule has 0 aromatic heterocycles. The van der Waals surface area contributed by atoms with Gasteiger partial charge in [0.15, 0.2) is 0 Å². The lowest BCUT2D eigenvalue weighted by atomic mass is 10.2. The number of sulfonamides is 1. The number of anilines is 1. The average molecular weight is 350 g/mol. The quantitative estimate of drug-likeness (QED) is 0.812. The Morgan fingerprint density at radius 3 is 2.43 bits per heavy atom. The zero-order valence-corrected chi connectivity index (χ0v) is 14.4. The first-order valence-electron chi connectivity index (χ1n) is 6.93. The molecule has 5 nitrogen and oxygen atoms in total. The highest BCUT2D eigenvalue weighted by Gasteiger charge is 2.17. The molecule has 1 amide bonds. The Morgan fingerprint density at radius 2 is 1.83 bits per heavy atom. The van der Waals surface area contributed by atoms with E-state index in [-0.39, 0.29) is 16.1 Å². The lowest BCUT2D eigenvalue weighted by molar-refractivity contribution is -0.115. The highest BCUT2D eigenvalue weighted by atomic mass is 32.2. The number of nitrogens with two attached hydrogens (primary N) is 1. The van der Waals surface area contributed by atoms with E-state index in [2.05, 4.69) is 5.32 Å². The van der Waals surface area contributed by atoms with Crippen LogP contribution in [0.4, 0.5) is 5.69 Å². The summed E-state index contributed by atoms with van der Waals surface area (Å²) in [5, 5.41) is 7.57. The van der Waals surface area contributed by atoms with Crippen LogP contribution in [-0.2, 0) is 14.8 Å². The van der Waals surface area contributed by atoms with Gasteiger partial charge in [0, 0.05) is 10.6 Å². The number of rotatable bonds is 5. The maximum Gasteiger partial charge on any atom is 0.238 e. The normalized spacial score (nSPS) is 12.7. The molecule has 0 aliphatic rings. The Kier molecular flexibility index (Phi) is 5.46. The van der Waals surface area contributed by atoms with E-state index in [1.807, 2.05) is 30.3 Å². The molecule has 2 aromatic rings. The molecular weight excluding hydrogens is 332 g/mol. The number of primary sulfonamides is 1. The molecule has 2 rings (SSSR count). The van der Waals surface area contributed by atoms with Crippen LogP contribution in [-0.4, -0.2) is 19.6 Å². The van der Waals surface area contributed by atoms with Crippen LogP contribution in [0.1, 0.15) is 12.5 Å². The van der Waals surface area contributed by atoms with Crippen LogP contribution in [0.25, 0.3) is 0 Å². The van der Waals surface area contributed by atoms with Gasteiger partial charge >= 0.3 is 0 Å². The molecule has 2 aromatic carbocycles. The molecule has 7 heteroatoms. The molecule has 0 saturated carbocycles. The summed E-state index contributed by atoms with van der Waals surface area (Å²) in [7, 11) is -3.82. The molecule has 0 aliphatic heterocycles. The Bertz CT molecular complexity index is 805. The number of nitrogens with one attached hydrogen (secondary N) is 1. The van der Waals surface area contributed by atoms with Crippen LogP contribution in [0, 0.1) is 6.92 Å². The van der Waals surface area contributed by atoms with Crippen molar-refractivity contribution in [2.45, 2.75) is 28.9 Å². The Labute approximate surface area is 140 Å². The molecule has 1 atom stereocenters. The Balaban J connectivity index is 2.11. The van der Waals surface area contributed by atoms with Crippen molar-refractivity contribution in [3.8, 4) is 0 Å². The molecule has 0 bridgehead atoms. The number of benzene rings is 2. The summed E-state index contributed by atoms with van der Waals surface area (Å²) in [6.45, 7) is 3.45. The minimum atomic E-state index is -3.82. The maximum atomic E-state index is 12.3. The van der Waals surface area contributed by atoms with Gasteiger partial charge in [-0.05, 0) is 43.7 Å². The van der Waals surface area contributed by atoms with Gasteiger partial charge < -0.3 is 5.32 Å². The second-order valence-corrected chi connectivity index (χ2v) is 8.03. The first kappa shape index (κ1) is 17.5. The van der Waals surface area contributed by atoms with E-state index in [9.17, 15) is 13.2 Å². The summed E-state index contributed by atoms with van der Waals surface area (Å²) in [5.41, 5.74) is 0.947. The fourth-order valence-corrected chi connectivity index (χ4v) is 3.68. The molecule has 0 spiro atoms. The van der Waals surface area contributed by atoms with E-state index in [1.165, 1.54) is 17.8 Å². The standard InChI is InChI=1S/C16H18N2O3S2/c1-11-8-9-13(10-15(11)23(17,20)21)18-16(19)12(2)22-14-6-4-3-5-7-14/h3-10,12H,1-2H3,(H,18,19)(H2,17,20,21)/t12-/m0/s1. The number of carbonyl (C=O) groups excluding carboxylic acids is 1. The number of aryl methyl sites for hydroxylation is 1. The summed E-state index contributed by atoms with van der Waals surface area (Å²) in [6.07, 6.45) is 0. The molecule has 0 fully saturated rings. The smallest absolute Gasteiger partial charge is 0.238 e. The van der Waals surface area contributed by atoms with Crippen molar-refractivity contribution in [1.82, 2.24) is 0 Å². The van der Waals surface area contributed by atoms with Gasteiger partial charge in [0.1, 0.15) is 0 Å². The zero-order chi connectivity index (χ0) is 17.0. The Hall–Kier alpha value is -1.83. The van der Waals surface area contributed by atoms with E-state index in [1.54, 1.807) is 26.0 Å². The highest BCUT2D eigenvalue weighted by Crippen LogP contribution is 2.24. The first-order chi connectivity index (χ1) is 10.8. The number of hydrogen-bond donors (Lipinski definition) is 2. The topological polar surface area (TPSA) is 89.3 Å². The van der Waals surface area contributed by atoms with E-state index >= 15 is 0 Å². The SMILES string of the molecule is Cc1ccc(NC(=O)[C@H](C)Sc2ccccc2)cc1S(N)(=O)=O. The van der Waals surface area contributed by atoms with Gasteiger partial charge in [-0.25, -0.2) is 13.6 Å². The van der Waals surface area contributed by atoms with Crippen LogP contribution < -0.4 is 10.5 Å². The van der Waals surface area contributed by atoms with Gasteiger partial charge in [0.05, 0.1) is 10.1 Å². The third-order valence-corrected chi connectivity index (χ3v) is 5.35. The second kappa shape index (κ2) is 7.16. The third kappa shape index (κ3) is 4.82. The van der Waals surface area contributed by atoms with Gasteiger partial charge in [0.25, 0.3) is 0 Å². The fraction of sp³-hybridized carbons (Fsp3) is 0.188. The van der Waals surface area contributed by atoms with Crippen LogP contribution in [0.15, 0.2) is 58.3 Å². The molecule has 0 heterocycles. The van der Waals surface area contributed by atoms with Gasteiger partial charge in [0.2, 0.25) is 15.9 Å². The largest absolute Gasteiger partial charge is 0.325 e. The lowest BCUT2D eigenvalue weighted by Gasteiger charge is -2.13. The summed E-state index contributed by atoms with van der Waals surface area (Å²) >= 11 is 1.43. The van der Waals surface area contributed by atoms with Crippen molar-refractivity contribution in [3.05, 3.63) is 54.1 Å². The molecule has 122 valence electrons. The molecule has 23 heavy (non-hydrogen) atoms. The summed E-state index contributed by atoms with van der Waals surface area (Å²) < 4.78 is 23.1. The van der Waals surface area contributed by atoms with Crippen LogP contribution in [0.5, 0.6) is 0 Å². The number of carbonyl (C=O) groups is 1. The van der Waals surface area contributed by atoms with Crippen molar-refractivity contribution in [1.29, 1.82) is 0 Å². The fourth-order valence-electron chi connectivity index (χ4n) is 1.98. The van der Waals surface area contributed by atoms with Gasteiger partial charge in [-0.1, -0.05) is 24.3 Å². The predicted octanol–water partition coefficient (Wildman–Crippen LogP) is 2.76. The van der Waals surface area contributed by atoms with Crippen molar-refractivity contribution in [2.75, 3.05) is 5.32 Å². The highest BCUT2D eigenvalue weighted by molar-refractivity contribution is 8.00. The van der Waals surface area contributed by atoms with Crippen molar-refractivity contribution in [2.24, 2.45) is 5.14 Å². The molecule has 0 saturated heterocycles. The van der Waals surface area contributed by atoms with Crippen molar-refractivity contribution in [3.63, 3.8) is 0 Å². The molecule has 0 radical (unpaired) electrons. The van der Waals surface area contributed by atoms with Crippen molar-refractivity contribution < 1.29 is 13.2 Å². The number of thioether (sulfide) groups is 1. The van der Waals surface area contributed by atoms with E-state index < -0.39 is 10.0 Å². The maximum absolute atomic E-state index is 12.3. The van der Waals surface area contributed by atoms with E-state index in [0.29, 0.717) is 11.3 Å². The Morgan fingerprint density at radius 1 is 1.17 bits per heavy atom. The molecular formula is C16H18N2O3S2. The minimum absolute atomic E-state index is 0.0127. The summed E-state index contributed by atoms with van der Waals surface area (Å²) in [5.74, 6) is -0.205. The second-order valence-electron chi connectivity index (χ2n) is 5.09. The molecule has 0 aliphatic carbocycles. The lowest BCUT2D eigenvalue weighted by Crippen LogP contribution is -2.23. The summed E-state index contributed by atoms with van der Waals surface area (Å²) in [4.78, 5) is 13.3. The average Bonchev–Trinajstić information content (AvgIpc) is 2.49. The van der Waals surface area contributed by atoms with Gasteiger partial charge in [-0.2, -0.15) is 0 Å². The minimum Gasteiger partial charge on any atom is -0.325 e. The van der Waals surface area contributed by atoms with Gasteiger partial charge in [-0.3, -0.25) is 4.79 Å². The van der Waals surface area contributed by atoms with Crippen LogP contribution in [0.2, 0.25) is 0 Å². The van der Waals surface area contributed by atoms with E-state index in [4.69, 9.17) is 5.14 Å². The first-order valence-corrected chi connectivity index (χ1v) is 9.36. The molecule has 3 N–H and O–H groups in total.